The third-order valence-electron chi connectivity index (χ3n) is 4.52. The van der Waals surface area contributed by atoms with E-state index in [1.165, 1.54) is 0 Å². The van der Waals surface area contributed by atoms with E-state index in [4.69, 9.17) is 28.3 Å². The highest BCUT2D eigenvalue weighted by molar-refractivity contribution is 6.42. The molecule has 2 rings (SSSR count). The van der Waals surface area contributed by atoms with Gasteiger partial charge in [-0.2, -0.15) is 0 Å². The summed E-state index contributed by atoms with van der Waals surface area (Å²) in [6, 6.07) is 5.31. The van der Waals surface area contributed by atoms with Gasteiger partial charge < -0.3 is 10.4 Å². The normalized spacial score (nSPS) is 21.7. The van der Waals surface area contributed by atoms with Crippen molar-refractivity contribution >= 4 is 35.1 Å². The van der Waals surface area contributed by atoms with Crippen LogP contribution in [0.4, 0.5) is 0 Å². The van der Waals surface area contributed by atoms with Gasteiger partial charge in [-0.05, 0) is 57.2 Å². The van der Waals surface area contributed by atoms with E-state index in [2.05, 4.69) is 5.32 Å². The minimum Gasteiger partial charge on any atom is -0.481 e. The molecule has 0 radical (unpaired) electrons. The lowest BCUT2D eigenvalue weighted by molar-refractivity contribution is -0.144. The van der Waals surface area contributed by atoms with Crippen LogP contribution in [-0.2, 0) is 15.1 Å². The Labute approximate surface area is 146 Å². The van der Waals surface area contributed by atoms with Crippen molar-refractivity contribution in [3.8, 4) is 0 Å². The van der Waals surface area contributed by atoms with Gasteiger partial charge >= 0.3 is 5.97 Å². The summed E-state index contributed by atoms with van der Waals surface area (Å²) in [5.74, 6) is -1.25. The molecule has 0 saturated heterocycles. The summed E-state index contributed by atoms with van der Waals surface area (Å²) in [5.41, 5.74) is 0.300. The van der Waals surface area contributed by atoms with Crippen LogP contribution in [0.3, 0.4) is 0 Å². The van der Waals surface area contributed by atoms with Gasteiger partial charge in [0, 0.05) is 5.92 Å². The number of carbonyl (C=O) groups is 2. The van der Waals surface area contributed by atoms with Gasteiger partial charge in [-0.1, -0.05) is 29.3 Å². The molecule has 1 aromatic rings. The molecule has 1 aliphatic rings. The maximum atomic E-state index is 12.5. The van der Waals surface area contributed by atoms with Crippen LogP contribution in [0.1, 0.15) is 45.1 Å². The largest absolute Gasteiger partial charge is 0.481 e. The number of hydrogen-bond acceptors (Lipinski definition) is 2. The highest BCUT2D eigenvalue weighted by atomic mass is 35.5. The van der Waals surface area contributed by atoms with Crippen molar-refractivity contribution < 1.29 is 14.7 Å². The molecular weight excluding hydrogens is 337 g/mol. The maximum Gasteiger partial charge on any atom is 0.306 e. The quantitative estimate of drug-likeness (QED) is 0.846. The van der Waals surface area contributed by atoms with Crippen molar-refractivity contribution in [3.63, 3.8) is 0 Å². The third kappa shape index (κ3) is 4.39. The Kier molecular flexibility index (Phi) is 5.58. The SMILES string of the molecule is CC(C)(NC(=O)C1CCC(C(=O)O)CC1)c1ccc(Cl)c(Cl)c1. The predicted octanol–water partition coefficient (Wildman–Crippen LogP) is 4.24. The van der Waals surface area contributed by atoms with Crippen molar-refractivity contribution in [2.45, 2.75) is 45.1 Å². The minimum absolute atomic E-state index is 0.0371. The van der Waals surface area contributed by atoms with Crippen molar-refractivity contribution in [3.05, 3.63) is 33.8 Å². The molecule has 1 amide bonds. The molecule has 0 spiro atoms. The molecule has 0 aliphatic heterocycles. The van der Waals surface area contributed by atoms with E-state index in [1.54, 1.807) is 12.1 Å². The van der Waals surface area contributed by atoms with Gasteiger partial charge in [-0.15, -0.1) is 0 Å². The first kappa shape index (κ1) is 18.1. The first-order chi connectivity index (χ1) is 10.7. The summed E-state index contributed by atoms with van der Waals surface area (Å²) in [6.07, 6.45) is 2.34. The van der Waals surface area contributed by atoms with Gasteiger partial charge in [0.2, 0.25) is 5.91 Å². The van der Waals surface area contributed by atoms with E-state index >= 15 is 0 Å². The molecule has 0 heterocycles. The van der Waals surface area contributed by atoms with Gasteiger partial charge in [0.1, 0.15) is 0 Å². The fourth-order valence-corrected chi connectivity index (χ4v) is 3.27. The number of carboxylic acid groups (broad SMARTS) is 1. The highest BCUT2D eigenvalue weighted by Gasteiger charge is 2.32. The first-order valence-electron chi connectivity index (χ1n) is 7.71. The molecule has 1 saturated carbocycles. The lowest BCUT2D eigenvalue weighted by Crippen LogP contribution is -2.45. The number of amides is 1. The summed E-state index contributed by atoms with van der Waals surface area (Å²) in [7, 11) is 0. The Bertz CT molecular complexity index is 608. The van der Waals surface area contributed by atoms with Gasteiger partial charge in [0.15, 0.2) is 0 Å². The van der Waals surface area contributed by atoms with Crippen molar-refractivity contribution in [2.75, 3.05) is 0 Å². The number of hydrogen-bond donors (Lipinski definition) is 2. The summed E-state index contributed by atoms with van der Waals surface area (Å²) < 4.78 is 0. The number of carboxylic acids is 1. The third-order valence-corrected chi connectivity index (χ3v) is 5.26. The lowest BCUT2D eigenvalue weighted by atomic mass is 9.81. The Hall–Kier alpha value is -1.26. The van der Waals surface area contributed by atoms with Crippen molar-refractivity contribution in [1.82, 2.24) is 5.32 Å². The Morgan fingerprint density at radius 1 is 1.09 bits per heavy atom. The number of rotatable bonds is 4. The molecule has 0 atom stereocenters. The van der Waals surface area contributed by atoms with Crippen molar-refractivity contribution in [1.29, 1.82) is 0 Å². The standard InChI is InChI=1S/C17H21Cl2NO3/c1-17(2,12-7-8-13(18)14(19)9-12)20-15(21)10-3-5-11(6-4-10)16(22)23/h7-11H,3-6H2,1-2H3,(H,20,21)(H,22,23). The van der Waals surface area contributed by atoms with Crippen LogP contribution in [0.25, 0.3) is 0 Å². The zero-order chi connectivity index (χ0) is 17.2. The summed E-state index contributed by atoms with van der Waals surface area (Å²) in [6.45, 7) is 3.82. The van der Waals surface area contributed by atoms with E-state index < -0.39 is 11.5 Å². The minimum atomic E-state index is -0.764. The average molecular weight is 358 g/mol. The number of halogens is 2. The average Bonchev–Trinajstić information content (AvgIpc) is 2.49. The Morgan fingerprint density at radius 3 is 2.17 bits per heavy atom. The fourth-order valence-electron chi connectivity index (χ4n) is 2.97. The fraction of sp³-hybridized carbons (Fsp3) is 0.529. The molecule has 0 aromatic heterocycles. The summed E-state index contributed by atoms with van der Waals surface area (Å²) in [4.78, 5) is 23.5. The van der Waals surface area contributed by atoms with Crippen LogP contribution >= 0.6 is 23.2 Å². The van der Waals surface area contributed by atoms with Crippen LogP contribution in [0, 0.1) is 11.8 Å². The first-order valence-corrected chi connectivity index (χ1v) is 8.46. The zero-order valence-corrected chi connectivity index (χ0v) is 14.7. The molecule has 126 valence electrons. The molecule has 1 aromatic carbocycles. The number of nitrogens with one attached hydrogen (secondary N) is 1. The molecule has 1 fully saturated rings. The summed E-state index contributed by atoms with van der Waals surface area (Å²) in [5, 5.41) is 13.0. The molecule has 0 unspecified atom stereocenters. The monoisotopic (exact) mass is 357 g/mol. The molecule has 6 heteroatoms. The predicted molar refractivity (Wildman–Crippen MR) is 90.7 cm³/mol. The van der Waals surface area contributed by atoms with Gasteiger partial charge in [-0.3, -0.25) is 9.59 Å². The van der Waals surface area contributed by atoms with Gasteiger partial charge in [0.25, 0.3) is 0 Å². The zero-order valence-electron chi connectivity index (χ0n) is 13.2. The lowest BCUT2D eigenvalue weighted by Gasteiger charge is -2.32. The molecule has 0 bridgehead atoms. The second kappa shape index (κ2) is 7.10. The number of carbonyl (C=O) groups excluding carboxylic acids is 1. The van der Waals surface area contributed by atoms with Crippen LogP contribution < -0.4 is 5.32 Å². The molecule has 2 N–H and O–H groups in total. The van der Waals surface area contributed by atoms with E-state index in [1.807, 2.05) is 19.9 Å². The number of aliphatic carboxylic acids is 1. The Morgan fingerprint density at radius 2 is 1.65 bits per heavy atom. The van der Waals surface area contributed by atoms with Crippen LogP contribution in [0.2, 0.25) is 10.0 Å². The van der Waals surface area contributed by atoms with E-state index in [9.17, 15) is 9.59 Å². The Balaban J connectivity index is 2.01. The highest BCUT2D eigenvalue weighted by Crippen LogP contribution is 2.32. The van der Waals surface area contributed by atoms with E-state index in [-0.39, 0.29) is 17.7 Å². The second-order valence-corrected chi connectivity index (χ2v) is 7.44. The van der Waals surface area contributed by atoms with Crippen LogP contribution in [-0.4, -0.2) is 17.0 Å². The number of benzene rings is 1. The van der Waals surface area contributed by atoms with Crippen LogP contribution in [0.15, 0.2) is 18.2 Å². The van der Waals surface area contributed by atoms with Gasteiger partial charge in [0.05, 0.1) is 21.5 Å². The van der Waals surface area contributed by atoms with Crippen LogP contribution in [0.5, 0.6) is 0 Å². The molecule has 1 aliphatic carbocycles. The van der Waals surface area contributed by atoms with Gasteiger partial charge in [-0.25, -0.2) is 0 Å². The second-order valence-electron chi connectivity index (χ2n) is 6.63. The topological polar surface area (TPSA) is 66.4 Å². The molecular formula is C17H21Cl2NO3. The maximum absolute atomic E-state index is 12.5. The van der Waals surface area contributed by atoms with Crippen molar-refractivity contribution in [2.24, 2.45) is 11.8 Å². The summed E-state index contributed by atoms with van der Waals surface area (Å²) >= 11 is 12.0. The van der Waals surface area contributed by atoms with E-state index in [0.29, 0.717) is 35.7 Å². The molecule has 23 heavy (non-hydrogen) atoms. The molecule has 4 nitrogen and oxygen atoms in total. The smallest absolute Gasteiger partial charge is 0.306 e. The van der Waals surface area contributed by atoms with E-state index in [0.717, 1.165) is 5.56 Å².